The second kappa shape index (κ2) is 5.67. The van der Waals surface area contributed by atoms with Crippen LogP contribution in [-0.4, -0.2) is 33.7 Å². The van der Waals surface area contributed by atoms with E-state index in [1.165, 1.54) is 12.8 Å². The molecule has 112 valence electrons. The van der Waals surface area contributed by atoms with Crippen molar-refractivity contribution < 1.29 is 4.52 Å². The molecule has 0 spiro atoms. The van der Waals surface area contributed by atoms with Gasteiger partial charge in [-0.1, -0.05) is 5.16 Å². The molecule has 7 heteroatoms. The molecule has 7 nitrogen and oxygen atoms in total. The van der Waals surface area contributed by atoms with Gasteiger partial charge in [0, 0.05) is 38.4 Å². The fourth-order valence-corrected chi connectivity index (χ4v) is 2.21. The second-order valence-electron chi connectivity index (χ2n) is 5.33. The SMILES string of the molecule is CNc1nc(C2CC2)nc(NCCc2noc(C)n2)c1C. The van der Waals surface area contributed by atoms with Crippen molar-refractivity contribution in [2.45, 2.75) is 39.0 Å². The Kier molecular flexibility index (Phi) is 3.72. The zero-order valence-electron chi connectivity index (χ0n) is 12.6. The molecular weight excluding hydrogens is 268 g/mol. The number of aryl methyl sites for hydroxylation is 1. The van der Waals surface area contributed by atoms with Gasteiger partial charge in [0.2, 0.25) is 5.89 Å². The number of aromatic nitrogens is 4. The van der Waals surface area contributed by atoms with Crippen molar-refractivity contribution >= 4 is 11.6 Å². The summed E-state index contributed by atoms with van der Waals surface area (Å²) in [6.45, 7) is 4.52. The summed E-state index contributed by atoms with van der Waals surface area (Å²) in [5.41, 5.74) is 1.03. The highest BCUT2D eigenvalue weighted by atomic mass is 16.5. The molecule has 0 aliphatic heterocycles. The molecule has 2 aromatic rings. The van der Waals surface area contributed by atoms with Crippen molar-refractivity contribution in [2.75, 3.05) is 24.2 Å². The Bertz CT molecular complexity index is 634. The third-order valence-electron chi connectivity index (χ3n) is 3.55. The van der Waals surface area contributed by atoms with Crippen molar-refractivity contribution in [2.24, 2.45) is 0 Å². The van der Waals surface area contributed by atoms with Gasteiger partial charge in [0.25, 0.3) is 0 Å². The maximum absolute atomic E-state index is 4.96. The van der Waals surface area contributed by atoms with Crippen molar-refractivity contribution in [1.82, 2.24) is 20.1 Å². The lowest BCUT2D eigenvalue weighted by molar-refractivity contribution is 0.387. The van der Waals surface area contributed by atoms with Crippen LogP contribution in [0.25, 0.3) is 0 Å². The highest BCUT2D eigenvalue weighted by molar-refractivity contribution is 5.57. The Morgan fingerprint density at radius 2 is 1.90 bits per heavy atom. The fourth-order valence-electron chi connectivity index (χ4n) is 2.21. The summed E-state index contributed by atoms with van der Waals surface area (Å²) in [7, 11) is 1.89. The Morgan fingerprint density at radius 1 is 1.14 bits per heavy atom. The van der Waals surface area contributed by atoms with E-state index in [2.05, 4.69) is 30.7 Å². The highest BCUT2D eigenvalue weighted by Crippen LogP contribution is 2.39. The lowest BCUT2D eigenvalue weighted by Gasteiger charge is -2.13. The van der Waals surface area contributed by atoms with E-state index < -0.39 is 0 Å². The summed E-state index contributed by atoms with van der Waals surface area (Å²) in [6.07, 6.45) is 3.08. The van der Waals surface area contributed by atoms with Gasteiger partial charge in [0.15, 0.2) is 5.82 Å². The van der Waals surface area contributed by atoms with E-state index in [0.29, 0.717) is 30.6 Å². The van der Waals surface area contributed by atoms with Gasteiger partial charge in [-0.15, -0.1) is 0 Å². The van der Waals surface area contributed by atoms with Crippen LogP contribution in [0.3, 0.4) is 0 Å². The van der Waals surface area contributed by atoms with Gasteiger partial charge in [-0.05, 0) is 19.8 Å². The first-order valence-electron chi connectivity index (χ1n) is 7.26. The molecular formula is C14H20N6O. The molecule has 0 bridgehead atoms. The summed E-state index contributed by atoms with van der Waals surface area (Å²) < 4.78 is 4.96. The van der Waals surface area contributed by atoms with E-state index in [-0.39, 0.29) is 0 Å². The molecule has 2 aromatic heterocycles. The molecule has 21 heavy (non-hydrogen) atoms. The lowest BCUT2D eigenvalue weighted by Crippen LogP contribution is -2.12. The molecule has 2 heterocycles. The number of hydrogen-bond donors (Lipinski definition) is 2. The average Bonchev–Trinajstić information content (AvgIpc) is 3.24. The van der Waals surface area contributed by atoms with Crippen molar-refractivity contribution in [3.63, 3.8) is 0 Å². The van der Waals surface area contributed by atoms with Crippen molar-refractivity contribution in [3.8, 4) is 0 Å². The maximum Gasteiger partial charge on any atom is 0.223 e. The van der Waals surface area contributed by atoms with Crippen LogP contribution in [0.15, 0.2) is 4.52 Å². The minimum atomic E-state index is 0.526. The predicted molar refractivity (Wildman–Crippen MR) is 79.5 cm³/mol. The van der Waals surface area contributed by atoms with Crippen LogP contribution in [0.5, 0.6) is 0 Å². The lowest BCUT2D eigenvalue weighted by atomic mass is 10.2. The number of nitrogens with zero attached hydrogens (tertiary/aromatic N) is 4. The largest absolute Gasteiger partial charge is 0.373 e. The molecule has 0 unspecified atom stereocenters. The second-order valence-corrected chi connectivity index (χ2v) is 5.33. The number of rotatable bonds is 6. The molecule has 0 aromatic carbocycles. The third-order valence-corrected chi connectivity index (χ3v) is 3.55. The molecule has 2 N–H and O–H groups in total. The van der Waals surface area contributed by atoms with Gasteiger partial charge in [-0.2, -0.15) is 4.98 Å². The van der Waals surface area contributed by atoms with E-state index in [9.17, 15) is 0 Å². The molecule has 0 amide bonds. The first kappa shape index (κ1) is 13.8. The zero-order valence-corrected chi connectivity index (χ0v) is 12.6. The van der Waals surface area contributed by atoms with Crippen LogP contribution in [-0.2, 0) is 6.42 Å². The van der Waals surface area contributed by atoms with Crippen LogP contribution < -0.4 is 10.6 Å². The average molecular weight is 288 g/mol. The van der Waals surface area contributed by atoms with E-state index in [4.69, 9.17) is 4.52 Å². The van der Waals surface area contributed by atoms with E-state index in [0.717, 1.165) is 23.0 Å². The van der Waals surface area contributed by atoms with Gasteiger partial charge >= 0.3 is 0 Å². The minimum Gasteiger partial charge on any atom is -0.373 e. The summed E-state index contributed by atoms with van der Waals surface area (Å²) in [5.74, 6) is 4.54. The fraction of sp³-hybridized carbons (Fsp3) is 0.571. The Hall–Kier alpha value is -2.18. The molecule has 1 aliphatic carbocycles. The van der Waals surface area contributed by atoms with Crippen LogP contribution in [0.4, 0.5) is 11.6 Å². The monoisotopic (exact) mass is 288 g/mol. The van der Waals surface area contributed by atoms with Crippen LogP contribution in [0.2, 0.25) is 0 Å². The molecule has 1 fully saturated rings. The molecule has 1 aliphatic rings. The molecule has 0 atom stereocenters. The number of nitrogens with one attached hydrogen (secondary N) is 2. The van der Waals surface area contributed by atoms with E-state index in [1.54, 1.807) is 6.92 Å². The smallest absolute Gasteiger partial charge is 0.223 e. The number of hydrogen-bond acceptors (Lipinski definition) is 7. The molecule has 0 radical (unpaired) electrons. The van der Waals surface area contributed by atoms with Crippen molar-refractivity contribution in [3.05, 3.63) is 23.1 Å². The van der Waals surface area contributed by atoms with Gasteiger partial charge in [-0.25, -0.2) is 9.97 Å². The van der Waals surface area contributed by atoms with Gasteiger partial charge in [0.05, 0.1) is 0 Å². The Labute approximate surface area is 123 Å². The van der Waals surface area contributed by atoms with Gasteiger partial charge < -0.3 is 15.2 Å². The quantitative estimate of drug-likeness (QED) is 0.840. The summed E-state index contributed by atoms with van der Waals surface area (Å²) in [6, 6.07) is 0. The maximum atomic E-state index is 4.96. The van der Waals surface area contributed by atoms with Crippen LogP contribution >= 0.6 is 0 Å². The predicted octanol–water partition coefficient (Wildman–Crippen LogP) is 2.05. The summed E-state index contributed by atoms with van der Waals surface area (Å²) in [4.78, 5) is 13.4. The van der Waals surface area contributed by atoms with E-state index in [1.807, 2.05) is 14.0 Å². The standard InChI is InChI=1S/C14H20N6O/c1-8-12(15-3)18-14(10-4-5-10)19-13(8)16-7-6-11-17-9(2)21-20-11/h10H,4-7H2,1-3H3,(H2,15,16,18,19). The summed E-state index contributed by atoms with van der Waals surface area (Å²) >= 11 is 0. The molecule has 3 rings (SSSR count). The van der Waals surface area contributed by atoms with Crippen LogP contribution in [0, 0.1) is 13.8 Å². The molecule has 0 saturated heterocycles. The van der Waals surface area contributed by atoms with Crippen LogP contribution in [0.1, 0.15) is 41.9 Å². The Morgan fingerprint density at radius 3 is 2.52 bits per heavy atom. The molecule has 1 saturated carbocycles. The zero-order chi connectivity index (χ0) is 14.8. The highest BCUT2D eigenvalue weighted by Gasteiger charge is 2.28. The minimum absolute atomic E-state index is 0.526. The first-order valence-corrected chi connectivity index (χ1v) is 7.26. The Balaban J connectivity index is 1.70. The van der Waals surface area contributed by atoms with Gasteiger partial charge in [-0.3, -0.25) is 0 Å². The topological polar surface area (TPSA) is 88.8 Å². The first-order chi connectivity index (χ1) is 10.2. The number of anilines is 2. The van der Waals surface area contributed by atoms with Crippen molar-refractivity contribution in [1.29, 1.82) is 0 Å². The van der Waals surface area contributed by atoms with Gasteiger partial charge in [0.1, 0.15) is 17.5 Å². The third kappa shape index (κ3) is 3.12. The normalized spacial score (nSPS) is 14.2. The summed E-state index contributed by atoms with van der Waals surface area (Å²) in [5, 5.41) is 10.4. The van der Waals surface area contributed by atoms with E-state index >= 15 is 0 Å².